The SMILES string of the molecule is CC(NC1CSCc2ccccc21)c1c(F)cccc1F. The van der Waals surface area contributed by atoms with Crippen molar-refractivity contribution in [2.24, 2.45) is 0 Å². The maximum Gasteiger partial charge on any atom is 0.130 e. The Bertz CT molecular complexity index is 624. The molecule has 110 valence electrons. The first-order chi connectivity index (χ1) is 10.2. The van der Waals surface area contributed by atoms with E-state index in [1.54, 1.807) is 0 Å². The molecule has 3 rings (SSSR count). The molecule has 0 fully saturated rings. The highest BCUT2D eigenvalue weighted by molar-refractivity contribution is 7.98. The smallest absolute Gasteiger partial charge is 0.130 e. The molecule has 0 bridgehead atoms. The van der Waals surface area contributed by atoms with Gasteiger partial charge in [0.2, 0.25) is 0 Å². The van der Waals surface area contributed by atoms with Gasteiger partial charge in [-0.3, -0.25) is 0 Å². The first-order valence-electron chi connectivity index (χ1n) is 7.02. The molecule has 4 heteroatoms. The van der Waals surface area contributed by atoms with E-state index >= 15 is 0 Å². The number of rotatable bonds is 3. The monoisotopic (exact) mass is 305 g/mol. The molecule has 1 aliphatic rings. The average Bonchev–Trinajstić information content (AvgIpc) is 2.47. The molecule has 0 saturated carbocycles. The molecule has 1 nitrogen and oxygen atoms in total. The minimum Gasteiger partial charge on any atom is -0.302 e. The lowest BCUT2D eigenvalue weighted by molar-refractivity contribution is 0.450. The van der Waals surface area contributed by atoms with Gasteiger partial charge in [-0.1, -0.05) is 30.3 Å². The van der Waals surface area contributed by atoms with E-state index in [9.17, 15) is 8.78 Å². The van der Waals surface area contributed by atoms with Crippen molar-refractivity contribution in [3.8, 4) is 0 Å². The molecule has 1 N–H and O–H groups in total. The van der Waals surface area contributed by atoms with Gasteiger partial charge in [-0.15, -0.1) is 0 Å². The van der Waals surface area contributed by atoms with Gasteiger partial charge in [0.05, 0.1) is 0 Å². The van der Waals surface area contributed by atoms with E-state index in [-0.39, 0.29) is 17.6 Å². The van der Waals surface area contributed by atoms with E-state index in [0.29, 0.717) is 0 Å². The zero-order valence-corrected chi connectivity index (χ0v) is 12.6. The summed E-state index contributed by atoms with van der Waals surface area (Å²) in [6.45, 7) is 1.81. The summed E-state index contributed by atoms with van der Waals surface area (Å²) in [7, 11) is 0. The van der Waals surface area contributed by atoms with Crippen LogP contribution in [0.4, 0.5) is 8.78 Å². The minimum absolute atomic E-state index is 0.116. The molecule has 2 aromatic carbocycles. The number of halogens is 2. The molecule has 1 aliphatic heterocycles. The van der Waals surface area contributed by atoms with Crippen LogP contribution in [-0.4, -0.2) is 5.75 Å². The maximum absolute atomic E-state index is 13.9. The fraction of sp³-hybridized carbons (Fsp3) is 0.294. The van der Waals surface area contributed by atoms with Crippen molar-refractivity contribution in [3.63, 3.8) is 0 Å². The summed E-state index contributed by atoms with van der Waals surface area (Å²) in [6, 6.07) is 12.0. The highest BCUT2D eigenvalue weighted by Crippen LogP contribution is 2.33. The van der Waals surface area contributed by atoms with Gasteiger partial charge in [-0.05, 0) is 30.2 Å². The van der Waals surface area contributed by atoms with Crippen LogP contribution in [0, 0.1) is 11.6 Å². The number of fused-ring (bicyclic) bond motifs is 1. The van der Waals surface area contributed by atoms with E-state index in [2.05, 4.69) is 17.4 Å². The molecule has 2 atom stereocenters. The number of hydrogen-bond donors (Lipinski definition) is 1. The van der Waals surface area contributed by atoms with E-state index in [0.717, 1.165) is 11.5 Å². The molecule has 2 unspecified atom stereocenters. The Balaban J connectivity index is 1.85. The summed E-state index contributed by atoms with van der Waals surface area (Å²) in [5.74, 6) is 0.923. The lowest BCUT2D eigenvalue weighted by atomic mass is 9.99. The summed E-state index contributed by atoms with van der Waals surface area (Å²) >= 11 is 1.84. The number of hydrogen-bond acceptors (Lipinski definition) is 2. The Labute approximate surface area is 127 Å². The van der Waals surface area contributed by atoms with Crippen molar-refractivity contribution in [1.82, 2.24) is 5.32 Å². The van der Waals surface area contributed by atoms with Crippen molar-refractivity contribution in [1.29, 1.82) is 0 Å². The van der Waals surface area contributed by atoms with Crippen molar-refractivity contribution < 1.29 is 8.78 Å². The molecule has 0 radical (unpaired) electrons. The maximum atomic E-state index is 13.9. The number of benzene rings is 2. The molecular weight excluding hydrogens is 288 g/mol. The predicted octanol–water partition coefficient (Wildman–Crippen LogP) is 4.60. The van der Waals surface area contributed by atoms with Gasteiger partial charge >= 0.3 is 0 Å². The Morgan fingerprint density at radius 2 is 1.81 bits per heavy atom. The van der Waals surface area contributed by atoms with Gasteiger partial charge in [0.15, 0.2) is 0 Å². The van der Waals surface area contributed by atoms with Gasteiger partial charge < -0.3 is 5.32 Å². The normalized spacial score (nSPS) is 19.1. The van der Waals surface area contributed by atoms with Crippen LogP contribution in [0.3, 0.4) is 0 Å². The fourth-order valence-corrected chi connectivity index (χ4v) is 3.94. The lowest BCUT2D eigenvalue weighted by Gasteiger charge is -2.29. The van der Waals surface area contributed by atoms with Gasteiger partial charge in [0.25, 0.3) is 0 Å². The predicted molar refractivity (Wildman–Crippen MR) is 83.3 cm³/mol. The van der Waals surface area contributed by atoms with Crippen molar-refractivity contribution in [2.45, 2.75) is 24.8 Å². The van der Waals surface area contributed by atoms with Gasteiger partial charge in [0, 0.05) is 29.2 Å². The topological polar surface area (TPSA) is 12.0 Å². The second-order valence-corrected chi connectivity index (χ2v) is 6.32. The largest absolute Gasteiger partial charge is 0.302 e. The molecule has 2 aromatic rings. The summed E-state index contributed by atoms with van der Waals surface area (Å²) in [5, 5.41) is 3.37. The summed E-state index contributed by atoms with van der Waals surface area (Å²) in [5.41, 5.74) is 2.65. The standard InChI is InChI=1S/C17H17F2NS/c1-11(17-14(18)7-4-8-15(17)19)20-16-10-21-9-12-5-2-3-6-13(12)16/h2-8,11,16,20H,9-10H2,1H3. The van der Waals surface area contributed by atoms with E-state index in [4.69, 9.17) is 0 Å². The van der Waals surface area contributed by atoms with Crippen LogP contribution >= 0.6 is 11.8 Å². The molecule has 0 saturated heterocycles. The zero-order chi connectivity index (χ0) is 14.8. The highest BCUT2D eigenvalue weighted by atomic mass is 32.2. The number of thioether (sulfide) groups is 1. The Hall–Kier alpha value is -1.39. The molecule has 1 heterocycles. The number of nitrogens with one attached hydrogen (secondary N) is 1. The molecule has 0 aliphatic carbocycles. The highest BCUT2D eigenvalue weighted by Gasteiger charge is 2.24. The Morgan fingerprint density at radius 1 is 1.10 bits per heavy atom. The summed E-state index contributed by atoms with van der Waals surface area (Å²) < 4.78 is 27.7. The molecule has 0 aromatic heterocycles. The van der Waals surface area contributed by atoms with Gasteiger partial charge in [-0.2, -0.15) is 11.8 Å². The second-order valence-electron chi connectivity index (χ2n) is 5.29. The van der Waals surface area contributed by atoms with E-state index in [1.165, 1.54) is 29.3 Å². The zero-order valence-electron chi connectivity index (χ0n) is 11.8. The van der Waals surface area contributed by atoms with Crippen LogP contribution in [0.5, 0.6) is 0 Å². The van der Waals surface area contributed by atoms with Crippen LogP contribution in [0.1, 0.15) is 35.7 Å². The molecule has 0 spiro atoms. The second kappa shape index (κ2) is 6.16. The average molecular weight is 305 g/mol. The van der Waals surface area contributed by atoms with Crippen LogP contribution < -0.4 is 5.32 Å². The minimum atomic E-state index is -0.494. The molecule has 21 heavy (non-hydrogen) atoms. The third-order valence-corrected chi connectivity index (χ3v) is 4.94. The van der Waals surface area contributed by atoms with Crippen LogP contribution in [0.25, 0.3) is 0 Å². The van der Waals surface area contributed by atoms with Crippen LogP contribution in [-0.2, 0) is 5.75 Å². The third kappa shape index (κ3) is 2.97. The van der Waals surface area contributed by atoms with Gasteiger partial charge in [-0.25, -0.2) is 8.78 Å². The Morgan fingerprint density at radius 3 is 2.57 bits per heavy atom. The quantitative estimate of drug-likeness (QED) is 0.889. The van der Waals surface area contributed by atoms with Crippen molar-refractivity contribution >= 4 is 11.8 Å². The van der Waals surface area contributed by atoms with Gasteiger partial charge in [0.1, 0.15) is 11.6 Å². The fourth-order valence-electron chi connectivity index (χ4n) is 2.83. The first kappa shape index (κ1) is 14.5. The van der Waals surface area contributed by atoms with E-state index < -0.39 is 11.6 Å². The lowest BCUT2D eigenvalue weighted by Crippen LogP contribution is -2.30. The van der Waals surface area contributed by atoms with Crippen molar-refractivity contribution in [2.75, 3.05) is 5.75 Å². The van der Waals surface area contributed by atoms with Crippen LogP contribution in [0.15, 0.2) is 42.5 Å². The summed E-state index contributed by atoms with van der Waals surface area (Å²) in [4.78, 5) is 0. The first-order valence-corrected chi connectivity index (χ1v) is 8.18. The van der Waals surface area contributed by atoms with Crippen molar-refractivity contribution in [3.05, 3.63) is 70.8 Å². The molecule has 0 amide bonds. The summed E-state index contributed by atoms with van der Waals surface area (Å²) in [6.07, 6.45) is 0. The third-order valence-electron chi connectivity index (χ3n) is 3.86. The van der Waals surface area contributed by atoms with E-state index in [1.807, 2.05) is 30.8 Å². The van der Waals surface area contributed by atoms with Crippen LogP contribution in [0.2, 0.25) is 0 Å². The molecular formula is C17H17F2NS. The Kier molecular flexibility index (Phi) is 4.27.